The van der Waals surface area contributed by atoms with Gasteiger partial charge in [-0.2, -0.15) is 0 Å². The molecule has 0 aliphatic rings. The van der Waals surface area contributed by atoms with Gasteiger partial charge in [-0.05, 0) is 24.6 Å². The van der Waals surface area contributed by atoms with Gasteiger partial charge in [-0.25, -0.2) is 13.6 Å². The lowest BCUT2D eigenvalue weighted by molar-refractivity contribution is -0.130. The molecule has 0 spiro atoms. The van der Waals surface area contributed by atoms with Crippen molar-refractivity contribution in [2.45, 2.75) is 39.4 Å². The predicted octanol–water partition coefficient (Wildman–Crippen LogP) is 3.54. The topological polar surface area (TPSA) is 47.2 Å². The molecule has 2 aromatic carbocycles. The van der Waals surface area contributed by atoms with Gasteiger partial charge in [0, 0.05) is 44.7 Å². The lowest BCUT2D eigenvalue weighted by atomic mass is 10.2. The number of amides is 1. The largest absolute Gasteiger partial charge is 0.341 e. The van der Waals surface area contributed by atoms with Crippen LogP contribution in [0.3, 0.4) is 0 Å². The van der Waals surface area contributed by atoms with Crippen molar-refractivity contribution in [3.05, 3.63) is 70.1 Å². The van der Waals surface area contributed by atoms with E-state index in [1.54, 1.807) is 16.2 Å². The van der Waals surface area contributed by atoms with Crippen LogP contribution in [-0.4, -0.2) is 27.0 Å². The predicted molar refractivity (Wildman–Crippen MR) is 104 cm³/mol. The number of para-hydroxylation sites is 2. The highest BCUT2D eigenvalue weighted by atomic mass is 19.1. The molecular formula is C21H23F2N3O2. The summed E-state index contributed by atoms with van der Waals surface area (Å²) in [4.78, 5) is 26.6. The highest BCUT2D eigenvalue weighted by Gasteiger charge is 2.16. The van der Waals surface area contributed by atoms with Crippen molar-refractivity contribution >= 4 is 16.9 Å². The van der Waals surface area contributed by atoms with E-state index in [-0.39, 0.29) is 36.7 Å². The first-order chi connectivity index (χ1) is 13.4. The summed E-state index contributed by atoms with van der Waals surface area (Å²) in [5, 5.41) is 0. The van der Waals surface area contributed by atoms with Crippen LogP contribution in [0.2, 0.25) is 0 Å². The van der Waals surface area contributed by atoms with Crippen molar-refractivity contribution in [2.24, 2.45) is 0 Å². The average Bonchev–Trinajstić information content (AvgIpc) is 2.94. The van der Waals surface area contributed by atoms with Gasteiger partial charge < -0.3 is 4.90 Å². The Bertz CT molecular complexity index is 1060. The van der Waals surface area contributed by atoms with Crippen LogP contribution in [0.15, 0.2) is 47.3 Å². The molecule has 28 heavy (non-hydrogen) atoms. The maximum atomic E-state index is 13.8. The third-order valence-electron chi connectivity index (χ3n) is 4.77. The minimum absolute atomic E-state index is 0.0391. The molecule has 0 atom stereocenters. The lowest BCUT2D eigenvalue weighted by Gasteiger charge is -2.18. The van der Waals surface area contributed by atoms with E-state index in [0.717, 1.165) is 23.5 Å². The Morgan fingerprint density at radius 2 is 1.68 bits per heavy atom. The first kappa shape index (κ1) is 19.8. The summed E-state index contributed by atoms with van der Waals surface area (Å²) in [6, 6.07) is 10.8. The normalized spacial score (nSPS) is 11.1. The number of nitrogens with zero attached hydrogens (tertiary/aromatic N) is 3. The second-order valence-electron chi connectivity index (χ2n) is 6.81. The standard InChI is InChI=1S/C21H23F2N3O2/c1-3-11-25-18-6-4-5-7-19(18)26(21(25)28)12-10-20(27)24(2)14-15-8-9-16(22)13-17(15)23/h4-9,13H,3,10-12,14H2,1-2H3. The Morgan fingerprint density at radius 3 is 2.29 bits per heavy atom. The quantitative estimate of drug-likeness (QED) is 0.623. The highest BCUT2D eigenvalue weighted by Crippen LogP contribution is 2.15. The Hall–Kier alpha value is -2.96. The third kappa shape index (κ3) is 3.98. The number of aromatic nitrogens is 2. The Kier molecular flexibility index (Phi) is 5.92. The summed E-state index contributed by atoms with van der Waals surface area (Å²) in [7, 11) is 1.56. The molecular weight excluding hydrogens is 364 g/mol. The second-order valence-corrected chi connectivity index (χ2v) is 6.81. The molecule has 0 saturated heterocycles. The van der Waals surface area contributed by atoms with E-state index in [1.807, 2.05) is 31.2 Å². The number of fused-ring (bicyclic) bond motifs is 1. The van der Waals surface area contributed by atoms with Crippen LogP contribution in [0, 0.1) is 11.6 Å². The molecule has 1 heterocycles. The van der Waals surface area contributed by atoms with Crippen LogP contribution >= 0.6 is 0 Å². The van der Waals surface area contributed by atoms with Gasteiger partial charge in [0.05, 0.1) is 11.0 Å². The molecule has 0 radical (unpaired) electrons. The molecule has 0 aliphatic carbocycles. The average molecular weight is 387 g/mol. The number of halogens is 2. The van der Waals surface area contributed by atoms with E-state index in [4.69, 9.17) is 0 Å². The van der Waals surface area contributed by atoms with E-state index >= 15 is 0 Å². The number of aryl methyl sites for hydroxylation is 2. The molecule has 0 aliphatic heterocycles. The molecule has 3 aromatic rings. The van der Waals surface area contributed by atoms with E-state index in [0.29, 0.717) is 6.54 Å². The number of hydrogen-bond donors (Lipinski definition) is 0. The van der Waals surface area contributed by atoms with Gasteiger partial charge in [-0.1, -0.05) is 25.1 Å². The van der Waals surface area contributed by atoms with Gasteiger partial charge in [0.25, 0.3) is 0 Å². The van der Waals surface area contributed by atoms with Crippen LogP contribution in [0.5, 0.6) is 0 Å². The molecule has 0 fully saturated rings. The molecule has 1 aromatic heterocycles. The van der Waals surface area contributed by atoms with E-state index in [9.17, 15) is 18.4 Å². The van der Waals surface area contributed by atoms with Gasteiger partial charge in [0.2, 0.25) is 5.91 Å². The minimum Gasteiger partial charge on any atom is -0.341 e. The SMILES string of the molecule is CCCn1c(=O)n(CCC(=O)N(C)Cc2ccc(F)cc2F)c2ccccc21. The zero-order valence-electron chi connectivity index (χ0n) is 16.0. The minimum atomic E-state index is -0.682. The van der Waals surface area contributed by atoms with E-state index in [1.165, 1.54) is 17.0 Å². The number of imidazole rings is 1. The third-order valence-corrected chi connectivity index (χ3v) is 4.77. The van der Waals surface area contributed by atoms with Crippen molar-refractivity contribution < 1.29 is 13.6 Å². The summed E-state index contributed by atoms with van der Waals surface area (Å²) >= 11 is 0. The molecule has 7 heteroatoms. The monoisotopic (exact) mass is 387 g/mol. The maximum absolute atomic E-state index is 13.8. The zero-order valence-corrected chi connectivity index (χ0v) is 16.0. The molecule has 0 bridgehead atoms. The van der Waals surface area contributed by atoms with Gasteiger partial charge in [0.1, 0.15) is 11.6 Å². The number of hydrogen-bond acceptors (Lipinski definition) is 2. The zero-order chi connectivity index (χ0) is 20.3. The highest BCUT2D eigenvalue weighted by molar-refractivity contribution is 5.78. The maximum Gasteiger partial charge on any atom is 0.329 e. The molecule has 0 unspecified atom stereocenters. The Morgan fingerprint density at radius 1 is 1.04 bits per heavy atom. The molecule has 3 rings (SSSR count). The van der Waals surface area contributed by atoms with Crippen LogP contribution in [0.25, 0.3) is 11.0 Å². The second kappa shape index (κ2) is 8.37. The summed E-state index contributed by atoms with van der Waals surface area (Å²) in [5.41, 5.74) is 1.75. The van der Waals surface area contributed by atoms with Gasteiger partial charge in [-0.3, -0.25) is 13.9 Å². The van der Waals surface area contributed by atoms with Gasteiger partial charge in [0.15, 0.2) is 0 Å². The Balaban J connectivity index is 1.74. The fraction of sp³-hybridized carbons (Fsp3) is 0.333. The molecule has 5 nitrogen and oxygen atoms in total. The van der Waals surface area contributed by atoms with Crippen molar-refractivity contribution in [2.75, 3.05) is 7.05 Å². The van der Waals surface area contributed by atoms with Crippen molar-refractivity contribution in [3.63, 3.8) is 0 Å². The van der Waals surface area contributed by atoms with Crippen LogP contribution in [0.1, 0.15) is 25.3 Å². The van der Waals surface area contributed by atoms with Crippen molar-refractivity contribution in [1.82, 2.24) is 14.0 Å². The molecule has 0 saturated carbocycles. The fourth-order valence-electron chi connectivity index (χ4n) is 3.32. The van der Waals surface area contributed by atoms with Crippen LogP contribution < -0.4 is 5.69 Å². The lowest BCUT2D eigenvalue weighted by Crippen LogP contribution is -2.30. The van der Waals surface area contributed by atoms with Gasteiger partial charge >= 0.3 is 5.69 Å². The van der Waals surface area contributed by atoms with Crippen molar-refractivity contribution in [3.8, 4) is 0 Å². The first-order valence-electron chi connectivity index (χ1n) is 9.28. The van der Waals surface area contributed by atoms with E-state index in [2.05, 4.69) is 0 Å². The Labute approximate surface area is 161 Å². The molecule has 148 valence electrons. The smallest absolute Gasteiger partial charge is 0.329 e. The summed E-state index contributed by atoms with van der Waals surface area (Å²) in [6.07, 6.45) is 0.943. The fourth-order valence-corrected chi connectivity index (χ4v) is 3.32. The molecule has 1 amide bonds. The van der Waals surface area contributed by atoms with E-state index < -0.39 is 11.6 Å². The number of benzene rings is 2. The number of carbonyl (C=O) groups is 1. The van der Waals surface area contributed by atoms with Crippen molar-refractivity contribution in [1.29, 1.82) is 0 Å². The summed E-state index contributed by atoms with van der Waals surface area (Å²) < 4.78 is 30.1. The first-order valence-corrected chi connectivity index (χ1v) is 9.28. The number of carbonyl (C=O) groups excluding carboxylic acids is 1. The van der Waals surface area contributed by atoms with Gasteiger partial charge in [-0.15, -0.1) is 0 Å². The summed E-state index contributed by atoms with van der Waals surface area (Å²) in [6.45, 7) is 2.90. The summed E-state index contributed by atoms with van der Waals surface area (Å²) in [5.74, 6) is -1.56. The van der Waals surface area contributed by atoms with Crippen LogP contribution in [0.4, 0.5) is 8.78 Å². The number of rotatable bonds is 7. The van der Waals surface area contributed by atoms with Crippen LogP contribution in [-0.2, 0) is 24.4 Å². The molecule has 0 N–H and O–H groups in total.